The fraction of sp³-hybridized carbons (Fsp3) is 0. The van der Waals surface area contributed by atoms with Gasteiger partial charge in [-0.15, -0.1) is 0 Å². The van der Waals surface area contributed by atoms with Gasteiger partial charge in [0.05, 0.1) is 5.69 Å². The molecule has 2 nitrogen and oxygen atoms in total. The number of fused-ring (bicyclic) bond motifs is 2. The van der Waals surface area contributed by atoms with Gasteiger partial charge in [-0.3, -0.25) is 0 Å². The van der Waals surface area contributed by atoms with E-state index in [9.17, 15) is 0 Å². The van der Waals surface area contributed by atoms with E-state index in [1.165, 1.54) is 49.7 Å². The van der Waals surface area contributed by atoms with Crippen molar-refractivity contribution < 1.29 is 4.42 Å². The molecule has 0 spiro atoms. The highest BCUT2D eigenvalue weighted by atomic mass is 16.3. The van der Waals surface area contributed by atoms with Gasteiger partial charge in [0.25, 0.3) is 0 Å². The Morgan fingerprint density at radius 2 is 0.839 bits per heavy atom. The van der Waals surface area contributed by atoms with Crippen LogP contribution in [0.25, 0.3) is 77.6 Å². The van der Waals surface area contributed by atoms with Crippen LogP contribution in [-0.4, -0.2) is 0 Å². The van der Waals surface area contributed by atoms with Crippen LogP contribution >= 0.6 is 0 Å². The van der Waals surface area contributed by atoms with Crippen LogP contribution in [0.5, 0.6) is 0 Å². The lowest BCUT2D eigenvalue weighted by atomic mass is 9.94. The Morgan fingerprint density at radius 3 is 1.55 bits per heavy atom. The fourth-order valence-corrected chi connectivity index (χ4v) is 7.87. The smallest absolute Gasteiger partial charge is 0.135 e. The highest BCUT2D eigenvalue weighted by Crippen LogP contribution is 2.44. The average molecular weight is 716 g/mol. The molecule has 9 aromatic carbocycles. The van der Waals surface area contributed by atoms with Gasteiger partial charge in [-0.25, -0.2) is 0 Å². The SMILES string of the molecule is c1ccc(-c2ccc(-c3ccc(N(c4cccc(-c5ccccc5)c4)c4ccc(-c5cccc(-c6cc7ccccc7o6)c5)c5ccccc45)cc3)cc2)cc1. The van der Waals surface area contributed by atoms with Gasteiger partial charge >= 0.3 is 0 Å². The predicted molar refractivity (Wildman–Crippen MR) is 236 cm³/mol. The van der Waals surface area contributed by atoms with E-state index in [-0.39, 0.29) is 0 Å². The molecule has 0 aliphatic heterocycles. The number of para-hydroxylation sites is 1. The van der Waals surface area contributed by atoms with Gasteiger partial charge in [0.15, 0.2) is 0 Å². The molecule has 0 N–H and O–H groups in total. The molecule has 56 heavy (non-hydrogen) atoms. The molecule has 0 bridgehead atoms. The first-order chi connectivity index (χ1) is 27.7. The Hall–Kier alpha value is -7.42. The predicted octanol–water partition coefficient (Wildman–Crippen LogP) is 15.4. The van der Waals surface area contributed by atoms with Crippen molar-refractivity contribution in [2.24, 2.45) is 0 Å². The zero-order valence-electron chi connectivity index (χ0n) is 30.7. The Kier molecular flexibility index (Phi) is 8.55. The average Bonchev–Trinajstić information content (AvgIpc) is 3.73. The molecule has 0 unspecified atom stereocenters. The molecule has 0 fully saturated rings. The Labute approximate surface area is 327 Å². The Morgan fingerprint density at radius 1 is 0.304 bits per heavy atom. The molecule has 0 atom stereocenters. The lowest BCUT2D eigenvalue weighted by Crippen LogP contribution is -2.10. The first-order valence-corrected chi connectivity index (χ1v) is 19.1. The summed E-state index contributed by atoms with van der Waals surface area (Å²) in [6.45, 7) is 0. The van der Waals surface area contributed by atoms with E-state index in [1.54, 1.807) is 0 Å². The summed E-state index contributed by atoms with van der Waals surface area (Å²) in [6, 6.07) is 80.1. The van der Waals surface area contributed by atoms with E-state index in [1.807, 2.05) is 18.2 Å². The molecular formula is C54H37NO. The van der Waals surface area contributed by atoms with E-state index in [0.717, 1.165) is 44.9 Å². The van der Waals surface area contributed by atoms with Crippen LogP contribution in [0, 0.1) is 0 Å². The van der Waals surface area contributed by atoms with Crippen molar-refractivity contribution in [2.75, 3.05) is 4.90 Å². The third-order valence-electron chi connectivity index (χ3n) is 10.7. The lowest BCUT2D eigenvalue weighted by Gasteiger charge is -2.28. The molecule has 0 radical (unpaired) electrons. The molecule has 0 saturated heterocycles. The maximum absolute atomic E-state index is 6.28. The van der Waals surface area contributed by atoms with E-state index >= 15 is 0 Å². The number of furan rings is 1. The number of anilines is 3. The van der Waals surface area contributed by atoms with Gasteiger partial charge in [0, 0.05) is 27.7 Å². The number of hydrogen-bond acceptors (Lipinski definition) is 2. The zero-order valence-corrected chi connectivity index (χ0v) is 30.7. The van der Waals surface area contributed by atoms with Crippen LogP contribution in [0.1, 0.15) is 0 Å². The minimum atomic E-state index is 0.869. The maximum Gasteiger partial charge on any atom is 0.135 e. The summed E-state index contributed by atoms with van der Waals surface area (Å²) in [4.78, 5) is 2.39. The number of hydrogen-bond donors (Lipinski definition) is 0. The van der Waals surface area contributed by atoms with Gasteiger partial charge in [-0.05, 0) is 98.4 Å². The molecule has 264 valence electrons. The summed E-state index contributed by atoms with van der Waals surface area (Å²) in [6.07, 6.45) is 0. The van der Waals surface area contributed by atoms with Gasteiger partial charge < -0.3 is 9.32 Å². The summed E-state index contributed by atoms with van der Waals surface area (Å²) in [7, 11) is 0. The Bertz CT molecular complexity index is 2910. The van der Waals surface area contributed by atoms with Crippen molar-refractivity contribution in [3.05, 3.63) is 224 Å². The lowest BCUT2D eigenvalue weighted by molar-refractivity contribution is 0.631. The van der Waals surface area contributed by atoms with Gasteiger partial charge in [0.2, 0.25) is 0 Å². The molecule has 2 heteroatoms. The summed E-state index contributed by atoms with van der Waals surface area (Å²) in [5, 5.41) is 3.46. The molecule has 0 aliphatic carbocycles. The van der Waals surface area contributed by atoms with Gasteiger partial charge in [-0.1, -0.05) is 176 Å². The monoisotopic (exact) mass is 715 g/mol. The van der Waals surface area contributed by atoms with Gasteiger partial charge in [-0.2, -0.15) is 0 Å². The zero-order chi connectivity index (χ0) is 37.3. The number of nitrogens with zero attached hydrogens (tertiary/aromatic N) is 1. The first-order valence-electron chi connectivity index (χ1n) is 19.1. The van der Waals surface area contributed by atoms with Crippen LogP contribution in [0.15, 0.2) is 229 Å². The second-order valence-electron chi connectivity index (χ2n) is 14.1. The van der Waals surface area contributed by atoms with Crippen molar-refractivity contribution in [1.29, 1.82) is 0 Å². The molecule has 1 heterocycles. The van der Waals surface area contributed by atoms with Crippen molar-refractivity contribution in [3.63, 3.8) is 0 Å². The standard InChI is InChI=1S/C54H37NO/c1-3-13-38(14-4-1)40-25-27-41(28-26-40)42-29-31-47(32-30-42)55(48-21-12-18-43(36-48)39-15-5-2-6-16-39)52-34-33-49(50-22-8-9-23-51(50)52)44-19-11-20-45(35-44)54-37-46-17-7-10-24-53(46)56-54/h1-37H. The normalized spacial score (nSPS) is 11.2. The second kappa shape index (κ2) is 14.4. The van der Waals surface area contributed by atoms with Crippen LogP contribution in [0.4, 0.5) is 17.1 Å². The highest BCUT2D eigenvalue weighted by molar-refractivity contribution is 6.06. The molecule has 0 aliphatic rings. The van der Waals surface area contributed by atoms with E-state index < -0.39 is 0 Å². The maximum atomic E-state index is 6.28. The van der Waals surface area contributed by atoms with Gasteiger partial charge in [0.1, 0.15) is 11.3 Å². The second-order valence-corrected chi connectivity index (χ2v) is 14.1. The molecule has 1 aromatic heterocycles. The van der Waals surface area contributed by atoms with Crippen molar-refractivity contribution in [2.45, 2.75) is 0 Å². The quantitative estimate of drug-likeness (QED) is 0.156. The van der Waals surface area contributed by atoms with E-state index in [4.69, 9.17) is 4.42 Å². The third kappa shape index (κ3) is 6.34. The van der Waals surface area contributed by atoms with Crippen LogP contribution in [-0.2, 0) is 0 Å². The fourth-order valence-electron chi connectivity index (χ4n) is 7.87. The topological polar surface area (TPSA) is 16.4 Å². The minimum Gasteiger partial charge on any atom is -0.456 e. The van der Waals surface area contributed by atoms with Crippen molar-refractivity contribution in [3.8, 4) is 55.8 Å². The van der Waals surface area contributed by atoms with E-state index in [0.29, 0.717) is 0 Å². The largest absolute Gasteiger partial charge is 0.456 e. The summed E-state index contributed by atoms with van der Waals surface area (Å²) >= 11 is 0. The first kappa shape index (κ1) is 33.2. The van der Waals surface area contributed by atoms with Crippen LogP contribution in [0.2, 0.25) is 0 Å². The Balaban J connectivity index is 1.07. The van der Waals surface area contributed by atoms with Crippen LogP contribution < -0.4 is 4.90 Å². The van der Waals surface area contributed by atoms with E-state index in [2.05, 4.69) is 211 Å². The number of benzene rings is 9. The van der Waals surface area contributed by atoms with Crippen LogP contribution in [0.3, 0.4) is 0 Å². The molecule has 0 saturated carbocycles. The minimum absolute atomic E-state index is 0.869. The van der Waals surface area contributed by atoms with Crippen molar-refractivity contribution in [1.82, 2.24) is 0 Å². The summed E-state index contributed by atoms with van der Waals surface area (Å²) < 4.78 is 6.28. The molecular weight excluding hydrogens is 679 g/mol. The summed E-state index contributed by atoms with van der Waals surface area (Å²) in [5.41, 5.74) is 14.7. The molecule has 10 aromatic rings. The highest BCUT2D eigenvalue weighted by Gasteiger charge is 2.19. The van der Waals surface area contributed by atoms with Crippen molar-refractivity contribution >= 4 is 38.8 Å². The molecule has 10 rings (SSSR count). The molecule has 0 amide bonds. The number of rotatable bonds is 8. The third-order valence-corrected chi connectivity index (χ3v) is 10.7. The summed E-state index contributed by atoms with van der Waals surface area (Å²) in [5.74, 6) is 0.869.